The molecule has 1 heterocycles. The van der Waals surface area contributed by atoms with Gasteiger partial charge < -0.3 is 26.4 Å². The highest BCUT2D eigenvalue weighted by Gasteiger charge is 2.32. The zero-order valence-electron chi connectivity index (χ0n) is 9.17. The minimum atomic E-state index is -1.44. The third-order valence-corrected chi connectivity index (χ3v) is 3.38. The fraction of sp³-hybridized carbons (Fsp3) is 0.500. The molecule has 0 aromatic carbocycles. The number of nitrogens with one attached hydrogen (secondary N) is 1. The zero-order valence-corrected chi connectivity index (χ0v) is 9.98. The van der Waals surface area contributed by atoms with Gasteiger partial charge in [-0.3, -0.25) is 4.79 Å². The zero-order chi connectivity index (χ0) is 12.9. The number of carbonyl (C=O) groups is 1. The van der Waals surface area contributed by atoms with Crippen LogP contribution in [0.2, 0.25) is 0 Å². The Balaban J connectivity index is 2.71. The van der Waals surface area contributed by atoms with Gasteiger partial charge in [-0.05, 0) is 11.4 Å². The normalized spacial score (nSPS) is 13.4. The van der Waals surface area contributed by atoms with Gasteiger partial charge in [0, 0.05) is 4.88 Å². The quantitative estimate of drug-likeness (QED) is 0.430. The number of aliphatic hydroxyl groups is 3. The lowest BCUT2D eigenvalue weighted by Crippen LogP contribution is -2.58. The van der Waals surface area contributed by atoms with Crippen molar-refractivity contribution >= 4 is 17.2 Å². The summed E-state index contributed by atoms with van der Waals surface area (Å²) in [7, 11) is 0. The van der Waals surface area contributed by atoms with E-state index in [2.05, 4.69) is 5.32 Å². The van der Waals surface area contributed by atoms with Gasteiger partial charge in [0.25, 0.3) is 0 Å². The fourth-order valence-corrected chi connectivity index (χ4v) is 1.93. The molecule has 1 aromatic rings. The summed E-state index contributed by atoms with van der Waals surface area (Å²) in [5, 5.41) is 31.3. The number of rotatable bonds is 6. The van der Waals surface area contributed by atoms with Crippen LogP contribution in [-0.4, -0.2) is 46.6 Å². The topological polar surface area (TPSA) is 116 Å². The lowest BCUT2D eigenvalue weighted by Gasteiger charge is -2.29. The van der Waals surface area contributed by atoms with Crippen molar-refractivity contribution in [3.05, 3.63) is 22.4 Å². The highest BCUT2D eigenvalue weighted by atomic mass is 32.1. The summed E-state index contributed by atoms with van der Waals surface area (Å²) < 4.78 is 0. The van der Waals surface area contributed by atoms with Gasteiger partial charge in [0.15, 0.2) is 0 Å². The average Bonchev–Trinajstić information content (AvgIpc) is 2.88. The largest absolute Gasteiger partial charge is 0.394 e. The van der Waals surface area contributed by atoms with Crippen LogP contribution in [0.4, 0.5) is 0 Å². The molecule has 0 saturated heterocycles. The van der Waals surface area contributed by atoms with E-state index in [-0.39, 0.29) is 0 Å². The molecule has 0 radical (unpaired) electrons. The summed E-state index contributed by atoms with van der Waals surface area (Å²) in [6.45, 7) is -1.70. The van der Waals surface area contributed by atoms with Crippen LogP contribution in [-0.2, 0) is 4.79 Å². The number of hydrogen-bond acceptors (Lipinski definition) is 6. The van der Waals surface area contributed by atoms with Gasteiger partial charge in [0.1, 0.15) is 11.6 Å². The molecule has 0 fully saturated rings. The lowest BCUT2D eigenvalue weighted by molar-refractivity contribution is -0.126. The van der Waals surface area contributed by atoms with Crippen molar-refractivity contribution in [3.8, 4) is 0 Å². The second-order valence-electron chi connectivity index (χ2n) is 3.74. The number of carbonyl (C=O) groups excluding carboxylic acids is 1. The number of hydrogen-bond donors (Lipinski definition) is 5. The molecule has 6 N–H and O–H groups in total. The standard InChI is InChI=1S/C10H16N2O4S/c11-8(7-2-1-3-17-7)9(16)12-10(4-13,5-14)6-15/h1-3,8,13-15H,4-6,11H2,(H,12,16). The van der Waals surface area contributed by atoms with Crippen molar-refractivity contribution in [2.75, 3.05) is 19.8 Å². The Morgan fingerprint density at radius 3 is 2.41 bits per heavy atom. The van der Waals surface area contributed by atoms with Gasteiger partial charge in [-0.1, -0.05) is 6.07 Å². The van der Waals surface area contributed by atoms with Crippen molar-refractivity contribution in [2.45, 2.75) is 11.6 Å². The first-order valence-electron chi connectivity index (χ1n) is 5.02. The van der Waals surface area contributed by atoms with E-state index in [9.17, 15) is 4.79 Å². The van der Waals surface area contributed by atoms with E-state index < -0.39 is 37.3 Å². The summed E-state index contributed by atoms with van der Waals surface area (Å²) in [6.07, 6.45) is 0. The maximum atomic E-state index is 11.8. The smallest absolute Gasteiger partial charge is 0.243 e. The molecule has 96 valence electrons. The van der Waals surface area contributed by atoms with Crippen LogP contribution < -0.4 is 11.1 Å². The monoisotopic (exact) mass is 260 g/mol. The van der Waals surface area contributed by atoms with Crippen LogP contribution in [0.3, 0.4) is 0 Å². The van der Waals surface area contributed by atoms with Crippen molar-refractivity contribution in [1.82, 2.24) is 5.32 Å². The maximum Gasteiger partial charge on any atom is 0.243 e. The van der Waals surface area contributed by atoms with Crippen molar-refractivity contribution in [1.29, 1.82) is 0 Å². The Labute approximate surface area is 103 Å². The van der Waals surface area contributed by atoms with E-state index in [0.29, 0.717) is 4.88 Å². The summed E-state index contributed by atoms with van der Waals surface area (Å²) in [6, 6.07) is 2.61. The van der Waals surface area contributed by atoms with Crippen LogP contribution in [0.5, 0.6) is 0 Å². The number of amides is 1. The van der Waals surface area contributed by atoms with Crippen molar-refractivity contribution in [2.24, 2.45) is 5.73 Å². The third-order valence-electron chi connectivity index (χ3n) is 2.43. The fourth-order valence-electron chi connectivity index (χ4n) is 1.21. The van der Waals surface area contributed by atoms with E-state index in [4.69, 9.17) is 21.1 Å². The molecule has 1 rings (SSSR count). The van der Waals surface area contributed by atoms with Gasteiger partial charge in [0.2, 0.25) is 5.91 Å². The molecule has 1 aromatic heterocycles. The van der Waals surface area contributed by atoms with Crippen LogP contribution >= 0.6 is 11.3 Å². The molecule has 1 unspecified atom stereocenters. The number of nitrogens with two attached hydrogens (primary N) is 1. The third kappa shape index (κ3) is 3.24. The summed E-state index contributed by atoms with van der Waals surface area (Å²) in [5.74, 6) is -0.551. The second kappa shape index (κ2) is 6.08. The minimum absolute atomic E-state index is 0.551. The van der Waals surface area contributed by atoms with Crippen LogP contribution in [0.15, 0.2) is 17.5 Å². The Morgan fingerprint density at radius 1 is 1.41 bits per heavy atom. The van der Waals surface area contributed by atoms with E-state index in [0.717, 1.165) is 0 Å². The van der Waals surface area contributed by atoms with Crippen LogP contribution in [0.1, 0.15) is 10.9 Å². The molecular formula is C10H16N2O4S. The van der Waals surface area contributed by atoms with E-state index in [1.54, 1.807) is 17.5 Å². The van der Waals surface area contributed by atoms with Gasteiger partial charge >= 0.3 is 0 Å². The van der Waals surface area contributed by atoms with Gasteiger partial charge in [-0.15, -0.1) is 11.3 Å². The van der Waals surface area contributed by atoms with Gasteiger partial charge in [0.05, 0.1) is 19.8 Å². The predicted molar refractivity (Wildman–Crippen MR) is 63.4 cm³/mol. The van der Waals surface area contributed by atoms with E-state index in [1.807, 2.05) is 0 Å². The molecule has 0 bridgehead atoms. The van der Waals surface area contributed by atoms with E-state index >= 15 is 0 Å². The first-order chi connectivity index (χ1) is 8.08. The van der Waals surface area contributed by atoms with Crippen molar-refractivity contribution < 1.29 is 20.1 Å². The van der Waals surface area contributed by atoms with Crippen molar-refractivity contribution in [3.63, 3.8) is 0 Å². The van der Waals surface area contributed by atoms with Gasteiger partial charge in [-0.25, -0.2) is 0 Å². The molecule has 0 saturated carbocycles. The molecule has 0 aliphatic carbocycles. The highest BCUT2D eigenvalue weighted by molar-refractivity contribution is 7.10. The lowest BCUT2D eigenvalue weighted by atomic mass is 10.0. The minimum Gasteiger partial charge on any atom is -0.394 e. The Bertz CT molecular complexity index is 343. The maximum absolute atomic E-state index is 11.8. The van der Waals surface area contributed by atoms with E-state index in [1.165, 1.54) is 11.3 Å². The molecule has 0 spiro atoms. The number of aliphatic hydroxyl groups excluding tert-OH is 3. The Kier molecular flexibility index (Phi) is 5.03. The summed E-state index contributed by atoms with van der Waals surface area (Å²) in [5.41, 5.74) is 4.27. The Hall–Kier alpha value is -0.990. The first-order valence-corrected chi connectivity index (χ1v) is 5.90. The first kappa shape index (κ1) is 14.1. The molecule has 0 aliphatic rings. The average molecular weight is 260 g/mol. The summed E-state index contributed by atoms with van der Waals surface area (Å²) >= 11 is 1.33. The van der Waals surface area contributed by atoms with Gasteiger partial charge in [-0.2, -0.15) is 0 Å². The number of thiophene rings is 1. The second-order valence-corrected chi connectivity index (χ2v) is 4.72. The molecule has 17 heavy (non-hydrogen) atoms. The Morgan fingerprint density at radius 2 is 2.00 bits per heavy atom. The van der Waals surface area contributed by atoms with Crippen LogP contribution in [0.25, 0.3) is 0 Å². The molecule has 7 heteroatoms. The molecule has 6 nitrogen and oxygen atoms in total. The molecule has 1 atom stereocenters. The van der Waals surface area contributed by atoms with Crippen LogP contribution in [0, 0.1) is 0 Å². The molecule has 1 amide bonds. The molecule has 0 aliphatic heterocycles. The SMILES string of the molecule is NC(C(=O)NC(CO)(CO)CO)c1cccs1. The summed E-state index contributed by atoms with van der Waals surface area (Å²) in [4.78, 5) is 12.4. The predicted octanol–water partition coefficient (Wildman–Crippen LogP) is -1.42. The highest BCUT2D eigenvalue weighted by Crippen LogP contribution is 2.17. The molecular weight excluding hydrogens is 244 g/mol.